The number of carbonyl (C=O) groups is 1. The molecule has 1 aliphatic carbocycles. The van der Waals surface area contributed by atoms with Crippen LogP contribution in [0.15, 0.2) is 0 Å². The first-order valence-electron chi connectivity index (χ1n) is 5.11. The molecular formula is C10H14Cl2N2O. The molecule has 84 valence electrons. The second-order valence-electron chi connectivity index (χ2n) is 3.90. The Kier molecular flexibility index (Phi) is 4.69. The highest BCUT2D eigenvalue weighted by Crippen LogP contribution is 2.26. The summed E-state index contributed by atoms with van der Waals surface area (Å²) in [5.41, 5.74) is -0.754. The first kappa shape index (κ1) is 12.6. The summed E-state index contributed by atoms with van der Waals surface area (Å²) in [6.07, 6.45) is 5.53. The Hall–Kier alpha value is -0.460. The van der Waals surface area contributed by atoms with Gasteiger partial charge in [-0.3, -0.25) is 4.79 Å². The van der Waals surface area contributed by atoms with E-state index in [0.29, 0.717) is 12.8 Å². The van der Waals surface area contributed by atoms with Crippen LogP contribution in [0.2, 0.25) is 0 Å². The molecule has 0 radical (unpaired) electrons. The number of rotatable bonds is 2. The van der Waals surface area contributed by atoms with Gasteiger partial charge in [0.1, 0.15) is 5.54 Å². The van der Waals surface area contributed by atoms with Crippen molar-refractivity contribution in [1.29, 1.82) is 5.26 Å². The molecule has 1 saturated carbocycles. The fourth-order valence-corrected chi connectivity index (χ4v) is 2.00. The van der Waals surface area contributed by atoms with Gasteiger partial charge in [-0.25, -0.2) is 0 Å². The van der Waals surface area contributed by atoms with E-state index in [0.717, 1.165) is 25.7 Å². The number of carbonyl (C=O) groups excluding carboxylic acids is 1. The maximum absolute atomic E-state index is 11.4. The minimum Gasteiger partial charge on any atom is -0.335 e. The second-order valence-corrected chi connectivity index (χ2v) is 4.99. The summed E-state index contributed by atoms with van der Waals surface area (Å²) >= 11 is 10.9. The van der Waals surface area contributed by atoms with Crippen LogP contribution in [0.5, 0.6) is 0 Å². The van der Waals surface area contributed by atoms with Gasteiger partial charge in [0, 0.05) is 0 Å². The lowest BCUT2D eigenvalue weighted by molar-refractivity contribution is -0.120. The van der Waals surface area contributed by atoms with Crippen LogP contribution < -0.4 is 5.32 Å². The second kappa shape index (κ2) is 5.58. The van der Waals surface area contributed by atoms with E-state index in [1.807, 2.05) is 0 Å². The van der Waals surface area contributed by atoms with Crippen LogP contribution in [0, 0.1) is 11.3 Å². The van der Waals surface area contributed by atoms with Crippen molar-refractivity contribution < 1.29 is 4.79 Å². The number of nitriles is 1. The van der Waals surface area contributed by atoms with E-state index in [4.69, 9.17) is 28.5 Å². The van der Waals surface area contributed by atoms with Crippen molar-refractivity contribution >= 4 is 29.1 Å². The maximum atomic E-state index is 11.4. The highest BCUT2D eigenvalue weighted by Gasteiger charge is 2.33. The average Bonchev–Trinajstić information content (AvgIpc) is 2.44. The first-order valence-corrected chi connectivity index (χ1v) is 5.98. The van der Waals surface area contributed by atoms with Gasteiger partial charge in [-0.2, -0.15) is 5.26 Å². The lowest BCUT2D eigenvalue weighted by Crippen LogP contribution is -2.48. The predicted molar refractivity (Wildman–Crippen MR) is 59.7 cm³/mol. The van der Waals surface area contributed by atoms with Crippen LogP contribution in [0.25, 0.3) is 0 Å². The van der Waals surface area contributed by atoms with Gasteiger partial charge >= 0.3 is 0 Å². The first-order chi connectivity index (χ1) is 7.09. The summed E-state index contributed by atoms with van der Waals surface area (Å²) in [6, 6.07) is 2.19. The van der Waals surface area contributed by atoms with Crippen molar-refractivity contribution in [1.82, 2.24) is 5.32 Å². The van der Waals surface area contributed by atoms with E-state index < -0.39 is 16.3 Å². The molecule has 0 unspecified atom stereocenters. The van der Waals surface area contributed by atoms with Crippen molar-refractivity contribution in [3.8, 4) is 6.07 Å². The number of hydrogen-bond donors (Lipinski definition) is 1. The van der Waals surface area contributed by atoms with Gasteiger partial charge in [-0.1, -0.05) is 48.9 Å². The SMILES string of the molecule is N#CC1(NC(=O)C(Cl)Cl)CCCCCC1. The quantitative estimate of drug-likeness (QED) is 0.603. The summed E-state index contributed by atoms with van der Waals surface area (Å²) in [5, 5.41) is 11.8. The Balaban J connectivity index is 2.67. The van der Waals surface area contributed by atoms with Crippen molar-refractivity contribution in [2.24, 2.45) is 0 Å². The van der Waals surface area contributed by atoms with E-state index in [-0.39, 0.29) is 0 Å². The molecule has 0 aromatic rings. The highest BCUT2D eigenvalue weighted by molar-refractivity contribution is 6.53. The summed E-state index contributed by atoms with van der Waals surface area (Å²) in [4.78, 5) is 10.3. The fraction of sp³-hybridized carbons (Fsp3) is 0.800. The standard InChI is InChI=1S/C10H14Cl2N2O/c11-8(12)9(15)14-10(7-13)5-3-1-2-4-6-10/h8H,1-6H2,(H,14,15). The normalized spacial score (nSPS) is 20.4. The lowest BCUT2D eigenvalue weighted by atomic mass is 9.92. The maximum Gasteiger partial charge on any atom is 0.254 e. The molecule has 0 aromatic carbocycles. The number of halogens is 2. The zero-order chi connectivity index (χ0) is 11.3. The third kappa shape index (κ3) is 3.55. The molecule has 5 heteroatoms. The number of alkyl halides is 2. The molecule has 0 atom stereocenters. The molecule has 0 bridgehead atoms. The molecule has 3 nitrogen and oxygen atoms in total. The molecule has 0 spiro atoms. The molecule has 1 N–H and O–H groups in total. The summed E-state index contributed by atoms with van der Waals surface area (Å²) < 4.78 is 0. The van der Waals surface area contributed by atoms with Gasteiger partial charge in [0.05, 0.1) is 6.07 Å². The molecule has 1 aliphatic rings. The molecule has 0 heterocycles. The Morgan fingerprint density at radius 1 is 1.27 bits per heavy atom. The Bertz CT molecular complexity index is 265. The highest BCUT2D eigenvalue weighted by atomic mass is 35.5. The van der Waals surface area contributed by atoms with Gasteiger partial charge in [0.15, 0.2) is 4.84 Å². The van der Waals surface area contributed by atoms with E-state index in [2.05, 4.69) is 11.4 Å². The van der Waals surface area contributed by atoms with Gasteiger partial charge in [0.25, 0.3) is 5.91 Å². The Labute approximate surface area is 99.7 Å². The van der Waals surface area contributed by atoms with Crippen LogP contribution in [0.3, 0.4) is 0 Å². The smallest absolute Gasteiger partial charge is 0.254 e. The van der Waals surface area contributed by atoms with Gasteiger partial charge in [0.2, 0.25) is 0 Å². The number of nitrogens with one attached hydrogen (secondary N) is 1. The van der Waals surface area contributed by atoms with Crippen molar-refractivity contribution in [3.05, 3.63) is 0 Å². The lowest BCUT2D eigenvalue weighted by Gasteiger charge is -2.26. The molecule has 15 heavy (non-hydrogen) atoms. The zero-order valence-electron chi connectivity index (χ0n) is 8.43. The molecule has 1 fully saturated rings. The summed E-state index contributed by atoms with van der Waals surface area (Å²) in [5.74, 6) is -0.471. The van der Waals surface area contributed by atoms with Gasteiger partial charge in [-0.05, 0) is 12.8 Å². The summed E-state index contributed by atoms with van der Waals surface area (Å²) in [7, 11) is 0. The molecule has 1 rings (SSSR count). The Morgan fingerprint density at radius 3 is 2.20 bits per heavy atom. The minimum atomic E-state index is -1.10. The van der Waals surface area contributed by atoms with Gasteiger partial charge in [-0.15, -0.1) is 0 Å². The van der Waals surface area contributed by atoms with E-state index >= 15 is 0 Å². The van der Waals surface area contributed by atoms with E-state index in [1.165, 1.54) is 0 Å². The largest absolute Gasteiger partial charge is 0.335 e. The third-order valence-corrected chi connectivity index (χ3v) is 3.13. The van der Waals surface area contributed by atoms with Crippen molar-refractivity contribution in [3.63, 3.8) is 0 Å². The van der Waals surface area contributed by atoms with E-state index in [9.17, 15) is 4.79 Å². The van der Waals surface area contributed by atoms with Crippen LogP contribution >= 0.6 is 23.2 Å². The predicted octanol–water partition coefficient (Wildman–Crippen LogP) is 2.52. The number of hydrogen-bond acceptors (Lipinski definition) is 2. The van der Waals surface area contributed by atoms with Crippen LogP contribution in [0.1, 0.15) is 38.5 Å². The fourth-order valence-electron chi connectivity index (χ4n) is 1.89. The molecule has 1 amide bonds. The third-order valence-electron chi connectivity index (χ3n) is 2.73. The molecule has 0 saturated heterocycles. The molecule has 0 aliphatic heterocycles. The topological polar surface area (TPSA) is 52.9 Å². The van der Waals surface area contributed by atoms with E-state index in [1.54, 1.807) is 0 Å². The van der Waals surface area contributed by atoms with Gasteiger partial charge < -0.3 is 5.32 Å². The molecule has 0 aromatic heterocycles. The monoisotopic (exact) mass is 248 g/mol. The van der Waals surface area contributed by atoms with Crippen LogP contribution in [-0.2, 0) is 4.79 Å². The average molecular weight is 249 g/mol. The number of nitrogens with zero attached hydrogens (tertiary/aromatic N) is 1. The van der Waals surface area contributed by atoms with Crippen LogP contribution in [-0.4, -0.2) is 16.3 Å². The zero-order valence-corrected chi connectivity index (χ0v) is 9.94. The summed E-state index contributed by atoms with van der Waals surface area (Å²) in [6.45, 7) is 0. The number of amides is 1. The molecular weight excluding hydrogens is 235 g/mol. The van der Waals surface area contributed by atoms with Crippen molar-refractivity contribution in [2.45, 2.75) is 48.9 Å². The minimum absolute atomic E-state index is 0.471. The Morgan fingerprint density at radius 2 is 1.80 bits per heavy atom. The van der Waals surface area contributed by atoms with Crippen LogP contribution in [0.4, 0.5) is 0 Å². The van der Waals surface area contributed by atoms with Crippen molar-refractivity contribution in [2.75, 3.05) is 0 Å².